The molecule has 2 saturated heterocycles. The summed E-state index contributed by atoms with van der Waals surface area (Å²) < 4.78 is 0. The van der Waals surface area contributed by atoms with Crippen molar-refractivity contribution >= 4 is 40.8 Å². The van der Waals surface area contributed by atoms with Gasteiger partial charge in [-0.2, -0.15) is 0 Å². The van der Waals surface area contributed by atoms with Crippen molar-refractivity contribution in [3.05, 3.63) is 42.6 Å². The van der Waals surface area contributed by atoms with E-state index in [1.807, 2.05) is 42.7 Å². The molecule has 3 heterocycles. The number of pyridine rings is 1. The predicted octanol–water partition coefficient (Wildman–Crippen LogP) is 3.40. The third-order valence-corrected chi connectivity index (χ3v) is 6.03. The molecule has 146 valence electrons. The highest BCUT2D eigenvalue weighted by molar-refractivity contribution is 7.98. The van der Waals surface area contributed by atoms with Crippen molar-refractivity contribution in [3.8, 4) is 0 Å². The highest BCUT2D eigenvalue weighted by atomic mass is 32.2. The maximum atomic E-state index is 12.7. The SMILES string of the molecule is CSc1cccc(N2CC(C(=O)Nc3ccc(N4CCCC4)nc3)CC2=O)c1. The summed E-state index contributed by atoms with van der Waals surface area (Å²) in [6.45, 7) is 2.48. The topological polar surface area (TPSA) is 65.5 Å². The maximum absolute atomic E-state index is 12.7. The molecule has 0 spiro atoms. The van der Waals surface area contributed by atoms with Gasteiger partial charge >= 0.3 is 0 Å². The van der Waals surface area contributed by atoms with Gasteiger partial charge in [0, 0.05) is 36.6 Å². The molecule has 1 aromatic carbocycles. The Balaban J connectivity index is 1.39. The van der Waals surface area contributed by atoms with Gasteiger partial charge in [-0.3, -0.25) is 9.59 Å². The summed E-state index contributed by atoms with van der Waals surface area (Å²) in [4.78, 5) is 34.7. The molecule has 2 aliphatic heterocycles. The number of anilines is 3. The lowest BCUT2D eigenvalue weighted by atomic mass is 10.1. The van der Waals surface area contributed by atoms with Gasteiger partial charge in [-0.1, -0.05) is 6.07 Å². The second-order valence-electron chi connectivity index (χ2n) is 7.20. The van der Waals surface area contributed by atoms with E-state index >= 15 is 0 Å². The fourth-order valence-electron chi connectivity index (χ4n) is 3.75. The number of rotatable bonds is 5. The van der Waals surface area contributed by atoms with Crippen molar-refractivity contribution in [1.29, 1.82) is 0 Å². The fraction of sp³-hybridized carbons (Fsp3) is 0.381. The molecule has 1 aromatic heterocycles. The zero-order valence-electron chi connectivity index (χ0n) is 15.9. The first-order valence-electron chi connectivity index (χ1n) is 9.60. The van der Waals surface area contributed by atoms with E-state index in [0.717, 1.165) is 29.5 Å². The molecule has 0 saturated carbocycles. The van der Waals surface area contributed by atoms with Crippen LogP contribution in [0.3, 0.4) is 0 Å². The van der Waals surface area contributed by atoms with Crippen LogP contribution in [-0.2, 0) is 9.59 Å². The second kappa shape index (κ2) is 8.22. The summed E-state index contributed by atoms with van der Waals surface area (Å²) in [5.41, 5.74) is 1.52. The fourth-order valence-corrected chi connectivity index (χ4v) is 4.20. The third kappa shape index (κ3) is 3.99. The number of nitrogens with one attached hydrogen (secondary N) is 1. The molecule has 1 unspecified atom stereocenters. The third-order valence-electron chi connectivity index (χ3n) is 5.31. The van der Waals surface area contributed by atoms with Crippen LogP contribution in [0.5, 0.6) is 0 Å². The Morgan fingerprint density at radius 1 is 1.21 bits per heavy atom. The molecule has 0 radical (unpaired) electrons. The number of carbonyl (C=O) groups excluding carboxylic acids is 2. The van der Waals surface area contributed by atoms with E-state index in [2.05, 4.69) is 15.2 Å². The number of hydrogen-bond donors (Lipinski definition) is 1. The first-order valence-corrected chi connectivity index (χ1v) is 10.8. The van der Waals surface area contributed by atoms with Crippen molar-refractivity contribution in [2.24, 2.45) is 5.92 Å². The summed E-state index contributed by atoms with van der Waals surface area (Å²) >= 11 is 1.63. The van der Waals surface area contributed by atoms with Gasteiger partial charge in [-0.15, -0.1) is 11.8 Å². The monoisotopic (exact) mass is 396 g/mol. The van der Waals surface area contributed by atoms with Crippen LogP contribution in [0.25, 0.3) is 0 Å². The average Bonchev–Trinajstić information content (AvgIpc) is 3.39. The van der Waals surface area contributed by atoms with Gasteiger partial charge in [-0.05, 0) is 49.4 Å². The molecule has 1 atom stereocenters. The average molecular weight is 397 g/mol. The largest absolute Gasteiger partial charge is 0.357 e. The molecule has 7 heteroatoms. The minimum absolute atomic E-state index is 0.0130. The zero-order chi connectivity index (χ0) is 19.5. The lowest BCUT2D eigenvalue weighted by Gasteiger charge is -2.18. The van der Waals surface area contributed by atoms with Gasteiger partial charge in [0.15, 0.2) is 0 Å². The Morgan fingerprint density at radius 3 is 2.75 bits per heavy atom. The van der Waals surface area contributed by atoms with Crippen LogP contribution in [0.15, 0.2) is 47.5 Å². The van der Waals surface area contributed by atoms with Crippen LogP contribution in [-0.4, -0.2) is 42.7 Å². The lowest BCUT2D eigenvalue weighted by Crippen LogP contribution is -2.28. The Hall–Kier alpha value is -2.54. The molecule has 6 nitrogen and oxygen atoms in total. The molecular formula is C21H24N4O2S. The van der Waals surface area contributed by atoms with Crippen LogP contribution in [0.1, 0.15) is 19.3 Å². The first-order chi connectivity index (χ1) is 13.6. The number of carbonyl (C=O) groups is 2. The van der Waals surface area contributed by atoms with E-state index < -0.39 is 0 Å². The molecule has 2 fully saturated rings. The summed E-state index contributed by atoms with van der Waals surface area (Å²) in [6.07, 6.45) is 6.33. The number of aromatic nitrogens is 1. The van der Waals surface area contributed by atoms with Gasteiger partial charge in [0.2, 0.25) is 11.8 Å². The van der Waals surface area contributed by atoms with E-state index in [4.69, 9.17) is 0 Å². The summed E-state index contributed by atoms with van der Waals surface area (Å²) in [5, 5.41) is 2.91. The first kappa shape index (κ1) is 18.8. The molecule has 2 amide bonds. The van der Waals surface area contributed by atoms with Gasteiger partial charge in [0.25, 0.3) is 0 Å². The Bertz CT molecular complexity index is 865. The van der Waals surface area contributed by atoms with Crippen molar-refractivity contribution < 1.29 is 9.59 Å². The van der Waals surface area contributed by atoms with E-state index in [9.17, 15) is 9.59 Å². The normalized spacial score (nSPS) is 19.3. The van der Waals surface area contributed by atoms with Crippen molar-refractivity contribution in [2.75, 3.05) is 41.0 Å². The van der Waals surface area contributed by atoms with Gasteiger partial charge in [-0.25, -0.2) is 4.98 Å². The molecular weight excluding hydrogens is 372 g/mol. The minimum atomic E-state index is -0.358. The molecule has 0 aliphatic carbocycles. The number of benzene rings is 1. The summed E-state index contributed by atoms with van der Waals surface area (Å²) in [7, 11) is 0. The predicted molar refractivity (Wildman–Crippen MR) is 113 cm³/mol. The van der Waals surface area contributed by atoms with Crippen LogP contribution in [0, 0.1) is 5.92 Å². The Labute approximate surface area is 169 Å². The van der Waals surface area contributed by atoms with Crippen LogP contribution in [0.4, 0.5) is 17.2 Å². The van der Waals surface area contributed by atoms with Crippen molar-refractivity contribution in [2.45, 2.75) is 24.2 Å². The number of hydrogen-bond acceptors (Lipinski definition) is 5. The summed E-state index contributed by atoms with van der Waals surface area (Å²) in [6, 6.07) is 11.7. The van der Waals surface area contributed by atoms with Gasteiger partial charge in [0.1, 0.15) is 5.82 Å². The van der Waals surface area contributed by atoms with E-state index in [1.165, 1.54) is 12.8 Å². The minimum Gasteiger partial charge on any atom is -0.357 e. The van der Waals surface area contributed by atoms with Gasteiger partial charge < -0.3 is 15.1 Å². The molecule has 2 aliphatic rings. The van der Waals surface area contributed by atoms with E-state index in [1.54, 1.807) is 22.9 Å². The highest BCUT2D eigenvalue weighted by Gasteiger charge is 2.35. The molecule has 4 rings (SSSR count). The lowest BCUT2D eigenvalue weighted by molar-refractivity contribution is -0.122. The van der Waals surface area contributed by atoms with E-state index in [-0.39, 0.29) is 24.2 Å². The van der Waals surface area contributed by atoms with Crippen LogP contribution < -0.4 is 15.1 Å². The molecule has 2 aromatic rings. The highest BCUT2D eigenvalue weighted by Crippen LogP contribution is 2.29. The van der Waals surface area contributed by atoms with Gasteiger partial charge in [0.05, 0.1) is 17.8 Å². The Kier molecular flexibility index (Phi) is 5.52. The van der Waals surface area contributed by atoms with Crippen LogP contribution >= 0.6 is 11.8 Å². The van der Waals surface area contributed by atoms with Crippen molar-refractivity contribution in [3.63, 3.8) is 0 Å². The molecule has 1 N–H and O–H groups in total. The van der Waals surface area contributed by atoms with Crippen molar-refractivity contribution in [1.82, 2.24) is 4.98 Å². The molecule has 28 heavy (non-hydrogen) atoms. The Morgan fingerprint density at radius 2 is 2.04 bits per heavy atom. The maximum Gasteiger partial charge on any atom is 0.229 e. The smallest absolute Gasteiger partial charge is 0.229 e. The van der Waals surface area contributed by atoms with Crippen LogP contribution in [0.2, 0.25) is 0 Å². The number of nitrogens with zero attached hydrogens (tertiary/aromatic N) is 3. The summed E-state index contributed by atoms with van der Waals surface area (Å²) in [5.74, 6) is 0.448. The molecule has 0 bridgehead atoms. The van der Waals surface area contributed by atoms with E-state index in [0.29, 0.717) is 12.2 Å². The quantitative estimate of drug-likeness (QED) is 0.785. The zero-order valence-corrected chi connectivity index (χ0v) is 16.7. The standard InChI is InChI=1S/C21H24N4O2S/c1-28-18-6-4-5-17(12-18)25-14-15(11-20(25)26)21(27)23-16-7-8-19(22-13-16)24-9-2-3-10-24/h4-8,12-13,15H,2-3,9-11,14H2,1H3,(H,23,27). The number of amides is 2. The number of thioether (sulfide) groups is 1. The second-order valence-corrected chi connectivity index (χ2v) is 8.08.